The van der Waals surface area contributed by atoms with Crippen molar-refractivity contribution in [1.82, 2.24) is 5.43 Å². The monoisotopic (exact) mass is 264 g/mol. The number of ether oxygens (including phenoxy) is 1. The molecule has 19 heavy (non-hydrogen) atoms. The molecule has 6 N–H and O–H groups in total. The van der Waals surface area contributed by atoms with E-state index in [1.807, 2.05) is 5.43 Å². The molecule has 1 aliphatic heterocycles. The van der Waals surface area contributed by atoms with Crippen LogP contribution < -0.4 is 27.1 Å². The minimum absolute atomic E-state index is 0.0699. The second kappa shape index (κ2) is 5.25. The summed E-state index contributed by atoms with van der Waals surface area (Å²) in [6.45, 7) is 1.67. The van der Waals surface area contributed by atoms with E-state index in [1.54, 1.807) is 25.1 Å². The Kier molecular flexibility index (Phi) is 3.68. The zero-order valence-electron chi connectivity index (χ0n) is 10.5. The van der Waals surface area contributed by atoms with Crippen LogP contribution in [0, 0.1) is 0 Å². The second-order valence-corrected chi connectivity index (χ2v) is 4.38. The number of carbonyl (C=O) groups excluding carboxylic acids is 2. The highest BCUT2D eigenvalue weighted by atomic mass is 16.5. The highest BCUT2D eigenvalue weighted by Crippen LogP contribution is 2.32. The highest BCUT2D eigenvalue weighted by Gasteiger charge is 2.24. The third kappa shape index (κ3) is 2.83. The van der Waals surface area contributed by atoms with Crippen molar-refractivity contribution < 1.29 is 14.3 Å². The normalized spacial score (nSPS) is 18.9. The summed E-state index contributed by atoms with van der Waals surface area (Å²) in [5, 5.41) is 2.73. The smallest absolute Gasteiger partial charge is 0.265 e. The number of anilines is 1. The average molecular weight is 264 g/mol. The van der Waals surface area contributed by atoms with Crippen molar-refractivity contribution in [3.05, 3.63) is 23.8 Å². The predicted octanol–water partition coefficient (Wildman–Crippen LogP) is -0.214. The van der Waals surface area contributed by atoms with E-state index >= 15 is 0 Å². The van der Waals surface area contributed by atoms with Crippen molar-refractivity contribution in [2.75, 3.05) is 5.32 Å². The van der Waals surface area contributed by atoms with Gasteiger partial charge in [0.25, 0.3) is 5.91 Å². The summed E-state index contributed by atoms with van der Waals surface area (Å²) in [5.74, 6) is 5.04. The third-order valence-electron chi connectivity index (χ3n) is 2.93. The quantitative estimate of drug-likeness (QED) is 0.342. The largest absolute Gasteiger partial charge is 0.479 e. The van der Waals surface area contributed by atoms with Gasteiger partial charge in [-0.2, -0.15) is 0 Å². The molecule has 0 bridgehead atoms. The number of fused-ring (bicyclic) bond motifs is 1. The SMILES string of the molecule is CC1Oc2ccc(C(N)CC(=O)NN)cc2NC1=O. The van der Waals surface area contributed by atoms with Crippen molar-refractivity contribution in [1.29, 1.82) is 0 Å². The number of benzene rings is 1. The Labute approximate surface area is 110 Å². The molecular formula is C12H16N4O3. The van der Waals surface area contributed by atoms with Crippen molar-refractivity contribution in [2.24, 2.45) is 11.6 Å². The highest BCUT2D eigenvalue weighted by molar-refractivity contribution is 5.97. The van der Waals surface area contributed by atoms with Crippen LogP contribution in [0.15, 0.2) is 18.2 Å². The van der Waals surface area contributed by atoms with Crippen LogP contribution in [-0.2, 0) is 9.59 Å². The lowest BCUT2D eigenvalue weighted by atomic mass is 10.0. The van der Waals surface area contributed by atoms with Gasteiger partial charge in [0.1, 0.15) is 5.75 Å². The summed E-state index contributed by atoms with van der Waals surface area (Å²) < 4.78 is 5.43. The zero-order valence-corrected chi connectivity index (χ0v) is 10.5. The fourth-order valence-corrected chi connectivity index (χ4v) is 1.83. The van der Waals surface area contributed by atoms with Gasteiger partial charge in [-0.3, -0.25) is 15.0 Å². The molecule has 102 valence electrons. The Morgan fingerprint density at radius 2 is 2.32 bits per heavy atom. The first-order chi connectivity index (χ1) is 9.01. The van der Waals surface area contributed by atoms with E-state index in [-0.39, 0.29) is 18.2 Å². The minimum Gasteiger partial charge on any atom is -0.479 e. The predicted molar refractivity (Wildman–Crippen MR) is 69.0 cm³/mol. The van der Waals surface area contributed by atoms with Gasteiger partial charge in [0.2, 0.25) is 5.91 Å². The standard InChI is InChI=1S/C12H16N4O3/c1-6-12(18)15-9-4-7(2-3-10(9)19-6)8(13)5-11(17)16-14/h2-4,6,8H,5,13-14H2,1H3,(H,15,18)(H,16,17). The molecule has 2 unspecified atom stereocenters. The van der Waals surface area contributed by atoms with Gasteiger partial charge < -0.3 is 15.8 Å². The summed E-state index contributed by atoms with van der Waals surface area (Å²) >= 11 is 0. The summed E-state index contributed by atoms with van der Waals surface area (Å²) in [4.78, 5) is 22.7. The fourth-order valence-electron chi connectivity index (χ4n) is 1.83. The molecule has 0 saturated heterocycles. The molecular weight excluding hydrogens is 248 g/mol. The van der Waals surface area contributed by atoms with Gasteiger partial charge in [-0.1, -0.05) is 6.07 Å². The zero-order chi connectivity index (χ0) is 14.0. The molecule has 1 aromatic carbocycles. The van der Waals surface area contributed by atoms with Crippen LogP contribution in [0.2, 0.25) is 0 Å². The first-order valence-corrected chi connectivity index (χ1v) is 5.87. The molecule has 1 aromatic rings. The molecule has 2 rings (SSSR count). The van der Waals surface area contributed by atoms with Crippen LogP contribution in [-0.4, -0.2) is 17.9 Å². The van der Waals surface area contributed by atoms with Crippen molar-refractivity contribution in [2.45, 2.75) is 25.5 Å². The lowest BCUT2D eigenvalue weighted by molar-refractivity contribution is -0.123. The molecule has 7 nitrogen and oxygen atoms in total. The molecule has 7 heteroatoms. The molecule has 0 aromatic heterocycles. The molecule has 0 spiro atoms. The number of carbonyl (C=O) groups is 2. The van der Waals surface area contributed by atoms with Gasteiger partial charge in [-0.25, -0.2) is 5.84 Å². The van der Waals surface area contributed by atoms with Crippen LogP contribution in [0.1, 0.15) is 24.9 Å². The maximum Gasteiger partial charge on any atom is 0.265 e. The number of hydrogen-bond acceptors (Lipinski definition) is 5. The number of amides is 2. The van der Waals surface area contributed by atoms with Gasteiger partial charge in [0.05, 0.1) is 5.69 Å². The summed E-state index contributed by atoms with van der Waals surface area (Å²) in [7, 11) is 0. The molecule has 1 heterocycles. The maximum atomic E-state index is 11.5. The van der Waals surface area contributed by atoms with Crippen molar-refractivity contribution in [3.63, 3.8) is 0 Å². The van der Waals surface area contributed by atoms with Gasteiger partial charge in [-0.15, -0.1) is 0 Å². The first kappa shape index (κ1) is 13.3. The van der Waals surface area contributed by atoms with Crippen LogP contribution in [0.3, 0.4) is 0 Å². The molecule has 0 saturated carbocycles. The van der Waals surface area contributed by atoms with Gasteiger partial charge in [-0.05, 0) is 24.6 Å². The van der Waals surface area contributed by atoms with E-state index in [0.717, 1.165) is 5.56 Å². The number of hydrazine groups is 1. The van der Waals surface area contributed by atoms with Gasteiger partial charge in [0.15, 0.2) is 6.10 Å². The molecule has 0 radical (unpaired) electrons. The number of nitrogens with two attached hydrogens (primary N) is 2. The molecule has 2 atom stereocenters. The Hall–Kier alpha value is -2.12. The summed E-state index contributed by atoms with van der Waals surface area (Å²) in [5.41, 5.74) is 9.21. The fraction of sp³-hybridized carbons (Fsp3) is 0.333. The number of rotatable bonds is 3. The van der Waals surface area contributed by atoms with E-state index in [1.165, 1.54) is 0 Å². The van der Waals surface area contributed by atoms with E-state index in [4.69, 9.17) is 16.3 Å². The number of nitrogens with one attached hydrogen (secondary N) is 2. The second-order valence-electron chi connectivity index (χ2n) is 4.38. The van der Waals surface area contributed by atoms with Crippen molar-refractivity contribution in [3.8, 4) is 5.75 Å². The first-order valence-electron chi connectivity index (χ1n) is 5.87. The Morgan fingerprint density at radius 1 is 1.58 bits per heavy atom. The summed E-state index contributed by atoms with van der Waals surface area (Å²) in [6, 6.07) is 4.69. The van der Waals surface area contributed by atoms with Crippen LogP contribution in [0.5, 0.6) is 5.75 Å². The Balaban J connectivity index is 2.19. The maximum absolute atomic E-state index is 11.5. The molecule has 0 fully saturated rings. The van der Waals surface area contributed by atoms with Crippen LogP contribution in [0.4, 0.5) is 5.69 Å². The molecule has 2 amide bonds. The van der Waals surface area contributed by atoms with E-state index < -0.39 is 12.1 Å². The Morgan fingerprint density at radius 3 is 3.00 bits per heavy atom. The summed E-state index contributed by atoms with van der Waals surface area (Å²) in [6.07, 6.45) is -0.449. The van der Waals surface area contributed by atoms with Crippen LogP contribution in [0.25, 0.3) is 0 Å². The average Bonchev–Trinajstić information content (AvgIpc) is 2.39. The number of hydrogen-bond donors (Lipinski definition) is 4. The van der Waals surface area contributed by atoms with E-state index in [0.29, 0.717) is 11.4 Å². The lowest BCUT2D eigenvalue weighted by Crippen LogP contribution is -2.34. The van der Waals surface area contributed by atoms with E-state index in [2.05, 4.69) is 5.32 Å². The lowest BCUT2D eigenvalue weighted by Gasteiger charge is -2.24. The van der Waals surface area contributed by atoms with Crippen LogP contribution >= 0.6 is 0 Å². The van der Waals surface area contributed by atoms with E-state index in [9.17, 15) is 9.59 Å². The minimum atomic E-state index is -0.518. The van der Waals surface area contributed by atoms with Crippen molar-refractivity contribution >= 4 is 17.5 Å². The Bertz CT molecular complexity index is 518. The van der Waals surface area contributed by atoms with Gasteiger partial charge >= 0.3 is 0 Å². The molecule has 1 aliphatic rings. The topological polar surface area (TPSA) is 119 Å². The third-order valence-corrected chi connectivity index (χ3v) is 2.93. The van der Waals surface area contributed by atoms with Gasteiger partial charge in [0, 0.05) is 12.5 Å². The molecule has 0 aliphatic carbocycles.